The Balaban J connectivity index is 1.69. The number of likely N-dealkylation sites (tertiary alicyclic amines) is 1. The molecule has 0 aromatic carbocycles. The molecule has 0 N–H and O–H groups in total. The van der Waals surface area contributed by atoms with Gasteiger partial charge in [-0.05, 0) is 57.9 Å². The summed E-state index contributed by atoms with van der Waals surface area (Å²) in [5, 5.41) is 0. The van der Waals surface area contributed by atoms with Crippen LogP contribution in [0.15, 0.2) is 28.1 Å². The third kappa shape index (κ3) is 3.40. The van der Waals surface area contributed by atoms with Gasteiger partial charge in [0.05, 0.1) is 11.8 Å². The van der Waals surface area contributed by atoms with Crippen molar-refractivity contribution in [1.29, 1.82) is 0 Å². The van der Waals surface area contributed by atoms with E-state index < -0.39 is 35.5 Å². The van der Waals surface area contributed by atoms with Crippen LogP contribution in [0, 0.1) is 23.7 Å². The molecule has 3 fully saturated rings. The minimum Gasteiger partial charge on any atom is -0.393 e. The summed E-state index contributed by atoms with van der Waals surface area (Å²) in [5.41, 5.74) is 0.292. The number of hydrogen-bond donors (Lipinski definition) is 0. The summed E-state index contributed by atoms with van der Waals surface area (Å²) < 4.78 is 11.7. The summed E-state index contributed by atoms with van der Waals surface area (Å²) in [6.07, 6.45) is 3.76. The van der Waals surface area contributed by atoms with Crippen molar-refractivity contribution in [1.82, 2.24) is 14.7 Å². The number of amides is 4. The molecule has 10 heteroatoms. The van der Waals surface area contributed by atoms with E-state index in [0.29, 0.717) is 44.0 Å². The Morgan fingerprint density at radius 3 is 2.50 bits per heavy atom. The van der Waals surface area contributed by atoms with Crippen LogP contribution >= 0.6 is 0 Å². The van der Waals surface area contributed by atoms with Gasteiger partial charge in [-0.25, -0.2) is 14.5 Å². The summed E-state index contributed by atoms with van der Waals surface area (Å²) in [7, 11) is 1.51. The average molecular weight is 499 g/mol. The lowest BCUT2D eigenvalue weighted by molar-refractivity contribution is -0.138. The van der Waals surface area contributed by atoms with E-state index in [-0.39, 0.29) is 23.6 Å². The predicted octanol–water partition coefficient (Wildman–Crippen LogP) is 3.30. The minimum atomic E-state index is -1.21. The second-order valence-corrected chi connectivity index (χ2v) is 10.4. The maximum Gasteiger partial charge on any atom is 0.424 e. The lowest BCUT2D eigenvalue weighted by Gasteiger charge is -2.49. The van der Waals surface area contributed by atoms with Crippen LogP contribution in [-0.2, 0) is 19.1 Å². The molecular formula is C26H34N4O6. The Labute approximate surface area is 211 Å². The molecule has 2 saturated heterocycles. The van der Waals surface area contributed by atoms with Gasteiger partial charge in [0, 0.05) is 38.2 Å². The van der Waals surface area contributed by atoms with E-state index in [1.807, 2.05) is 33.8 Å². The number of aliphatic imine (C=N–C) groups is 1. The number of rotatable bonds is 6. The normalized spacial score (nSPS) is 32.4. The van der Waals surface area contributed by atoms with Gasteiger partial charge >= 0.3 is 12.2 Å². The Hall–Kier alpha value is -3.17. The molecule has 10 nitrogen and oxygen atoms in total. The van der Waals surface area contributed by atoms with Crippen molar-refractivity contribution < 1.29 is 28.7 Å². The number of nitrogens with zero attached hydrogens (tertiary/aromatic N) is 4. The van der Waals surface area contributed by atoms with Gasteiger partial charge in [0.2, 0.25) is 23.6 Å². The van der Waals surface area contributed by atoms with Crippen molar-refractivity contribution >= 4 is 29.9 Å². The summed E-state index contributed by atoms with van der Waals surface area (Å²) in [5.74, 6) is -1.38. The van der Waals surface area contributed by atoms with Gasteiger partial charge in [-0.2, -0.15) is 0 Å². The van der Waals surface area contributed by atoms with Crippen LogP contribution in [0.5, 0.6) is 0 Å². The van der Waals surface area contributed by atoms with E-state index in [4.69, 9.17) is 14.5 Å². The van der Waals surface area contributed by atoms with E-state index in [2.05, 4.69) is 0 Å². The number of allylic oxidation sites excluding steroid dienone is 2. The zero-order valence-electron chi connectivity index (χ0n) is 21.6. The van der Waals surface area contributed by atoms with Crippen LogP contribution in [0.25, 0.3) is 0 Å². The van der Waals surface area contributed by atoms with Crippen molar-refractivity contribution in [3.8, 4) is 0 Å². The van der Waals surface area contributed by atoms with E-state index in [1.54, 1.807) is 0 Å². The van der Waals surface area contributed by atoms with E-state index >= 15 is 0 Å². The molecule has 0 radical (unpaired) electrons. The first-order valence-electron chi connectivity index (χ1n) is 13.0. The first kappa shape index (κ1) is 24.5. The van der Waals surface area contributed by atoms with Gasteiger partial charge in [0.15, 0.2) is 0 Å². The number of ether oxygens (including phenoxy) is 2. The quantitative estimate of drug-likeness (QED) is 0.520. The fourth-order valence-corrected chi connectivity index (χ4v) is 6.20. The SMILES string of the molecule is CCC1=C(OC(=O)N(CC)CC)N2C(=O)OC(=NCC3CC3)[C@]2(C)C2C1=CCC1C(=O)N(C)C(=O)C12. The molecule has 3 aliphatic heterocycles. The van der Waals surface area contributed by atoms with Crippen LogP contribution in [0.1, 0.15) is 53.4 Å². The third-order valence-corrected chi connectivity index (χ3v) is 8.41. The minimum absolute atomic E-state index is 0.129. The summed E-state index contributed by atoms with van der Waals surface area (Å²) >= 11 is 0. The summed E-state index contributed by atoms with van der Waals surface area (Å²) in [6, 6.07) is 0. The van der Waals surface area contributed by atoms with Gasteiger partial charge in [0.1, 0.15) is 5.54 Å². The molecule has 2 aliphatic carbocycles. The smallest absolute Gasteiger partial charge is 0.393 e. The highest BCUT2D eigenvalue weighted by atomic mass is 16.6. The zero-order valence-corrected chi connectivity index (χ0v) is 21.6. The van der Waals surface area contributed by atoms with Crippen molar-refractivity contribution in [2.75, 3.05) is 26.7 Å². The standard InChI is InChI=1S/C26H34N4O6/c1-6-15-16-11-12-17-18(21(32)28(5)20(17)31)19(16)26(4)23(27-13-14-9-10-14)36-25(34)30(26)22(15)35-24(33)29(7-2)8-3/h11,14,17-19H,6-10,12-13H2,1-5H3/t17?,18?,19?,26-/m0/s1. The largest absolute Gasteiger partial charge is 0.424 e. The molecule has 1 saturated carbocycles. The number of hydrogen-bond acceptors (Lipinski definition) is 7. The van der Waals surface area contributed by atoms with Crippen LogP contribution in [0.3, 0.4) is 0 Å². The monoisotopic (exact) mass is 498 g/mol. The molecule has 0 bridgehead atoms. The topological polar surface area (TPSA) is 109 Å². The molecular weight excluding hydrogens is 464 g/mol. The van der Waals surface area contributed by atoms with E-state index in [9.17, 15) is 19.2 Å². The van der Waals surface area contributed by atoms with E-state index in [0.717, 1.165) is 18.4 Å². The van der Waals surface area contributed by atoms with Crippen LogP contribution in [-0.4, -0.2) is 76.8 Å². The molecule has 36 heavy (non-hydrogen) atoms. The molecule has 3 unspecified atom stereocenters. The van der Waals surface area contributed by atoms with Crippen molar-refractivity contribution in [2.24, 2.45) is 28.7 Å². The average Bonchev–Trinajstić information content (AvgIpc) is 3.61. The highest BCUT2D eigenvalue weighted by molar-refractivity contribution is 6.08. The third-order valence-electron chi connectivity index (χ3n) is 8.41. The molecule has 0 aromatic rings. The molecule has 194 valence electrons. The fraction of sp³-hybridized carbons (Fsp3) is 0.654. The van der Waals surface area contributed by atoms with Crippen molar-refractivity contribution in [3.05, 3.63) is 23.1 Å². The Kier molecular flexibility index (Phi) is 5.95. The highest BCUT2D eigenvalue weighted by Crippen LogP contribution is 2.56. The fourth-order valence-electron chi connectivity index (χ4n) is 6.20. The molecule has 5 rings (SSSR count). The molecule has 0 spiro atoms. The summed E-state index contributed by atoms with van der Waals surface area (Å²) in [6.45, 7) is 8.89. The molecule has 4 amide bonds. The molecule has 3 heterocycles. The summed E-state index contributed by atoms with van der Waals surface area (Å²) in [4.78, 5) is 61.6. The second kappa shape index (κ2) is 8.74. The van der Waals surface area contributed by atoms with Gasteiger partial charge in [-0.1, -0.05) is 13.0 Å². The lowest BCUT2D eigenvalue weighted by atomic mass is 9.61. The second-order valence-electron chi connectivity index (χ2n) is 10.4. The van der Waals surface area contributed by atoms with Gasteiger partial charge in [-0.3, -0.25) is 19.5 Å². The number of cyclic esters (lactones) is 1. The Morgan fingerprint density at radius 2 is 1.89 bits per heavy atom. The van der Waals surface area contributed by atoms with Crippen LogP contribution in [0.4, 0.5) is 9.59 Å². The van der Waals surface area contributed by atoms with E-state index in [1.165, 1.54) is 21.7 Å². The molecule has 5 aliphatic rings. The van der Waals surface area contributed by atoms with Crippen molar-refractivity contribution in [2.45, 2.75) is 58.9 Å². The number of fused-ring (bicyclic) bond motifs is 5. The Bertz CT molecular complexity index is 1120. The zero-order chi connectivity index (χ0) is 25.9. The van der Waals surface area contributed by atoms with Crippen LogP contribution in [0.2, 0.25) is 0 Å². The first-order valence-corrected chi connectivity index (χ1v) is 13.0. The number of carbonyl (C=O) groups is 4. The highest BCUT2D eigenvalue weighted by Gasteiger charge is 2.67. The number of carbonyl (C=O) groups excluding carboxylic acids is 4. The predicted molar refractivity (Wildman–Crippen MR) is 129 cm³/mol. The maximum absolute atomic E-state index is 13.4. The Morgan fingerprint density at radius 1 is 1.19 bits per heavy atom. The molecule has 4 atom stereocenters. The lowest BCUT2D eigenvalue weighted by Crippen LogP contribution is -2.60. The van der Waals surface area contributed by atoms with Crippen molar-refractivity contribution in [3.63, 3.8) is 0 Å². The van der Waals surface area contributed by atoms with Gasteiger partial charge in [0.25, 0.3) is 0 Å². The number of imide groups is 1. The van der Waals surface area contributed by atoms with Crippen LogP contribution < -0.4 is 0 Å². The first-order chi connectivity index (χ1) is 17.2. The maximum atomic E-state index is 13.4. The van der Waals surface area contributed by atoms with Gasteiger partial charge < -0.3 is 14.4 Å². The van der Waals surface area contributed by atoms with Gasteiger partial charge in [-0.15, -0.1) is 0 Å². The molecule has 0 aromatic heterocycles.